The van der Waals surface area contributed by atoms with Crippen molar-refractivity contribution in [3.63, 3.8) is 0 Å². The lowest BCUT2D eigenvalue weighted by atomic mass is 10.1. The number of nitrogens with zero attached hydrogens (tertiary/aromatic N) is 4. The summed E-state index contributed by atoms with van der Waals surface area (Å²) in [7, 11) is 0. The highest BCUT2D eigenvalue weighted by molar-refractivity contribution is 5.32. The van der Waals surface area contributed by atoms with Crippen LogP contribution in [0.15, 0.2) is 42.7 Å². The fourth-order valence-electron chi connectivity index (χ4n) is 2.88. The first kappa shape index (κ1) is 15.4. The molecule has 1 fully saturated rings. The Bertz CT molecular complexity index is 641. The molecule has 7 nitrogen and oxygen atoms in total. The zero-order valence-corrected chi connectivity index (χ0v) is 12.8. The minimum Gasteiger partial charge on any atom is -0.352 e. The number of rotatable bonds is 6. The summed E-state index contributed by atoms with van der Waals surface area (Å²) < 4.78 is 0. The van der Waals surface area contributed by atoms with Crippen molar-refractivity contribution in [3.05, 3.63) is 58.4 Å². The average Bonchev–Trinajstić information content (AvgIpc) is 3.11. The number of hydrogen-bond acceptors (Lipinski definition) is 6. The Morgan fingerprint density at radius 3 is 2.43 bits per heavy atom. The van der Waals surface area contributed by atoms with E-state index in [1.54, 1.807) is 0 Å². The summed E-state index contributed by atoms with van der Waals surface area (Å²) in [6, 6.07) is 10.6. The number of aromatic nitrogens is 2. The largest absolute Gasteiger partial charge is 0.352 e. The number of benzene rings is 1. The molecule has 1 aliphatic heterocycles. The van der Waals surface area contributed by atoms with Crippen molar-refractivity contribution in [1.82, 2.24) is 14.9 Å². The Morgan fingerprint density at radius 1 is 1.17 bits per heavy atom. The molecule has 2 heterocycles. The van der Waals surface area contributed by atoms with E-state index in [0.717, 1.165) is 13.1 Å². The smallest absolute Gasteiger partial charge is 0.305 e. The van der Waals surface area contributed by atoms with Gasteiger partial charge in [-0.05, 0) is 31.5 Å². The summed E-state index contributed by atoms with van der Waals surface area (Å²) in [5.41, 5.74) is 1.15. The molecule has 1 aromatic heterocycles. The molecule has 1 unspecified atom stereocenters. The van der Waals surface area contributed by atoms with Crippen molar-refractivity contribution < 1.29 is 4.92 Å². The zero-order chi connectivity index (χ0) is 16.1. The molecule has 1 saturated heterocycles. The molecule has 3 rings (SSSR count). The van der Waals surface area contributed by atoms with E-state index < -0.39 is 4.92 Å². The maximum Gasteiger partial charge on any atom is 0.305 e. The van der Waals surface area contributed by atoms with E-state index >= 15 is 0 Å². The van der Waals surface area contributed by atoms with Gasteiger partial charge in [0.15, 0.2) is 0 Å². The standard InChI is InChI=1S/C16H19N5O2/c22-21(23)14-10-17-16(18-11-14)19-12-15(20-8-4-5-9-20)13-6-2-1-3-7-13/h1-3,6-7,10-11,15H,4-5,8-9,12H2,(H,17,18,19). The molecule has 0 aliphatic carbocycles. The van der Waals surface area contributed by atoms with Gasteiger partial charge in [0.1, 0.15) is 12.4 Å². The van der Waals surface area contributed by atoms with Crippen LogP contribution in [0.2, 0.25) is 0 Å². The fourth-order valence-corrected chi connectivity index (χ4v) is 2.88. The lowest BCUT2D eigenvalue weighted by Crippen LogP contribution is -2.31. The molecular weight excluding hydrogens is 294 g/mol. The summed E-state index contributed by atoms with van der Waals surface area (Å²) in [4.78, 5) is 20.6. The van der Waals surface area contributed by atoms with Gasteiger partial charge < -0.3 is 5.32 Å². The Morgan fingerprint density at radius 2 is 1.83 bits per heavy atom. The first-order chi connectivity index (χ1) is 11.2. The third kappa shape index (κ3) is 3.81. The molecule has 1 aliphatic rings. The molecule has 2 aromatic rings. The van der Waals surface area contributed by atoms with Gasteiger partial charge in [-0.25, -0.2) is 9.97 Å². The number of nitrogens with one attached hydrogen (secondary N) is 1. The van der Waals surface area contributed by atoms with Crippen molar-refractivity contribution in [2.75, 3.05) is 25.0 Å². The second kappa shape index (κ2) is 7.15. The molecule has 1 N–H and O–H groups in total. The number of anilines is 1. The van der Waals surface area contributed by atoms with Gasteiger partial charge in [-0.3, -0.25) is 15.0 Å². The second-order valence-electron chi connectivity index (χ2n) is 5.57. The third-order valence-corrected chi connectivity index (χ3v) is 4.07. The van der Waals surface area contributed by atoms with Crippen LogP contribution in [0.4, 0.5) is 11.6 Å². The molecule has 0 spiro atoms. The van der Waals surface area contributed by atoms with Gasteiger partial charge in [-0.1, -0.05) is 30.3 Å². The van der Waals surface area contributed by atoms with Crippen LogP contribution in [-0.2, 0) is 0 Å². The van der Waals surface area contributed by atoms with Gasteiger partial charge in [-0.2, -0.15) is 0 Å². The average molecular weight is 313 g/mol. The summed E-state index contributed by atoms with van der Waals surface area (Å²) in [6.45, 7) is 2.84. The van der Waals surface area contributed by atoms with Gasteiger partial charge in [0, 0.05) is 6.54 Å². The maximum absolute atomic E-state index is 10.6. The molecule has 7 heteroatoms. The molecule has 0 radical (unpaired) electrons. The maximum atomic E-state index is 10.6. The van der Waals surface area contributed by atoms with Gasteiger partial charge in [0.05, 0.1) is 11.0 Å². The van der Waals surface area contributed by atoms with Crippen LogP contribution in [0, 0.1) is 10.1 Å². The highest BCUT2D eigenvalue weighted by Crippen LogP contribution is 2.25. The van der Waals surface area contributed by atoms with Crippen LogP contribution in [-0.4, -0.2) is 39.4 Å². The Balaban J connectivity index is 1.70. The summed E-state index contributed by atoms with van der Waals surface area (Å²) >= 11 is 0. The zero-order valence-electron chi connectivity index (χ0n) is 12.8. The van der Waals surface area contributed by atoms with Gasteiger partial charge in [0.25, 0.3) is 0 Å². The molecular formula is C16H19N5O2. The van der Waals surface area contributed by atoms with E-state index in [2.05, 4.69) is 32.3 Å². The van der Waals surface area contributed by atoms with E-state index in [1.807, 2.05) is 18.2 Å². The van der Waals surface area contributed by atoms with E-state index in [0.29, 0.717) is 12.5 Å². The Hall–Kier alpha value is -2.54. The van der Waals surface area contributed by atoms with Crippen LogP contribution in [0.1, 0.15) is 24.4 Å². The van der Waals surface area contributed by atoms with Crippen LogP contribution >= 0.6 is 0 Å². The molecule has 0 bridgehead atoms. The fraction of sp³-hybridized carbons (Fsp3) is 0.375. The summed E-state index contributed by atoms with van der Waals surface area (Å²) in [5.74, 6) is 0.413. The molecule has 1 aromatic carbocycles. The molecule has 0 saturated carbocycles. The van der Waals surface area contributed by atoms with Crippen LogP contribution in [0.25, 0.3) is 0 Å². The molecule has 0 amide bonds. The van der Waals surface area contributed by atoms with Crippen molar-refractivity contribution in [3.8, 4) is 0 Å². The van der Waals surface area contributed by atoms with Crippen molar-refractivity contribution >= 4 is 11.6 Å². The second-order valence-corrected chi connectivity index (χ2v) is 5.57. The minimum absolute atomic E-state index is 0.102. The van der Waals surface area contributed by atoms with E-state index in [4.69, 9.17) is 0 Å². The normalized spacial score (nSPS) is 16.2. The predicted molar refractivity (Wildman–Crippen MR) is 87.2 cm³/mol. The van der Waals surface area contributed by atoms with Crippen molar-refractivity contribution in [1.29, 1.82) is 0 Å². The van der Waals surface area contributed by atoms with E-state index in [9.17, 15) is 10.1 Å². The molecule has 23 heavy (non-hydrogen) atoms. The highest BCUT2D eigenvalue weighted by Gasteiger charge is 2.23. The Labute approximate surface area is 134 Å². The topological polar surface area (TPSA) is 84.2 Å². The summed E-state index contributed by atoms with van der Waals surface area (Å²) in [5, 5.41) is 13.8. The van der Waals surface area contributed by atoms with Crippen LogP contribution in [0.5, 0.6) is 0 Å². The Kier molecular flexibility index (Phi) is 4.77. The lowest BCUT2D eigenvalue weighted by Gasteiger charge is -2.28. The van der Waals surface area contributed by atoms with Crippen LogP contribution < -0.4 is 5.32 Å². The number of hydrogen-bond donors (Lipinski definition) is 1. The van der Waals surface area contributed by atoms with Gasteiger partial charge in [0.2, 0.25) is 5.95 Å². The third-order valence-electron chi connectivity index (χ3n) is 4.07. The first-order valence-corrected chi connectivity index (χ1v) is 7.73. The monoisotopic (exact) mass is 313 g/mol. The highest BCUT2D eigenvalue weighted by atomic mass is 16.6. The van der Waals surface area contributed by atoms with E-state index in [1.165, 1.54) is 30.8 Å². The number of likely N-dealkylation sites (tertiary alicyclic amines) is 1. The van der Waals surface area contributed by atoms with Crippen LogP contribution in [0.3, 0.4) is 0 Å². The molecule has 120 valence electrons. The first-order valence-electron chi connectivity index (χ1n) is 7.73. The predicted octanol–water partition coefficient (Wildman–Crippen LogP) is 2.63. The van der Waals surface area contributed by atoms with Crippen molar-refractivity contribution in [2.45, 2.75) is 18.9 Å². The lowest BCUT2D eigenvalue weighted by molar-refractivity contribution is -0.385. The van der Waals surface area contributed by atoms with Gasteiger partial charge in [-0.15, -0.1) is 0 Å². The molecule has 1 atom stereocenters. The van der Waals surface area contributed by atoms with Crippen molar-refractivity contribution in [2.24, 2.45) is 0 Å². The van der Waals surface area contributed by atoms with Gasteiger partial charge >= 0.3 is 5.69 Å². The quantitative estimate of drug-likeness (QED) is 0.652. The minimum atomic E-state index is -0.499. The summed E-state index contributed by atoms with van der Waals surface area (Å²) in [6.07, 6.45) is 4.89. The van der Waals surface area contributed by atoms with E-state index in [-0.39, 0.29) is 11.7 Å². The number of nitro groups is 1. The SMILES string of the molecule is O=[N+]([O-])c1cnc(NCC(c2ccccc2)N2CCCC2)nc1.